The van der Waals surface area contributed by atoms with Crippen molar-refractivity contribution in [3.8, 4) is 11.4 Å². The molecule has 0 saturated carbocycles. The van der Waals surface area contributed by atoms with Crippen LogP contribution in [0.5, 0.6) is 0 Å². The third-order valence-corrected chi connectivity index (χ3v) is 3.87. The first-order valence-corrected chi connectivity index (χ1v) is 8.54. The number of benzene rings is 1. The minimum absolute atomic E-state index is 0.0364. The third kappa shape index (κ3) is 4.95. The summed E-state index contributed by atoms with van der Waals surface area (Å²) in [6.45, 7) is 4.28. The minimum atomic E-state index is -0.0364. The zero-order chi connectivity index (χ0) is 18.4. The largest absolute Gasteiger partial charge is 0.350 e. The summed E-state index contributed by atoms with van der Waals surface area (Å²) in [7, 11) is 0. The fourth-order valence-corrected chi connectivity index (χ4v) is 2.36. The van der Waals surface area contributed by atoms with Gasteiger partial charge in [0.15, 0.2) is 0 Å². The number of nitrogens with zero attached hydrogens (tertiary/aromatic N) is 4. The maximum Gasteiger partial charge on any atom is 0.226 e. The number of carbonyl (C=O) groups excluding carboxylic acids is 1. The van der Waals surface area contributed by atoms with Gasteiger partial charge >= 0.3 is 0 Å². The van der Waals surface area contributed by atoms with E-state index in [-0.39, 0.29) is 5.91 Å². The van der Waals surface area contributed by atoms with Crippen molar-refractivity contribution in [1.29, 1.82) is 0 Å². The second-order valence-electron chi connectivity index (χ2n) is 6.16. The van der Waals surface area contributed by atoms with Crippen molar-refractivity contribution in [2.24, 2.45) is 0 Å². The highest BCUT2D eigenvalue weighted by Gasteiger charge is 2.09. The highest BCUT2D eigenvalue weighted by atomic mass is 16.5. The second kappa shape index (κ2) is 8.33. The molecule has 1 aromatic carbocycles. The molecule has 0 aliphatic heterocycles. The second-order valence-corrected chi connectivity index (χ2v) is 6.16. The van der Waals surface area contributed by atoms with Gasteiger partial charge in [0, 0.05) is 24.6 Å². The molecule has 0 bridgehead atoms. The van der Waals surface area contributed by atoms with Crippen molar-refractivity contribution in [3.63, 3.8) is 0 Å². The lowest BCUT2D eigenvalue weighted by molar-refractivity contribution is -0.121. The van der Waals surface area contributed by atoms with Crippen LogP contribution in [0.1, 0.15) is 35.7 Å². The number of rotatable bonds is 7. The molecule has 3 rings (SSSR count). The molecule has 0 radical (unpaired) electrons. The molecule has 0 saturated heterocycles. The fraction of sp³-hybridized carbons (Fsp3) is 0.316. The van der Waals surface area contributed by atoms with Gasteiger partial charge in [0.1, 0.15) is 0 Å². The molecule has 1 amide bonds. The van der Waals surface area contributed by atoms with Crippen LogP contribution in [0, 0.1) is 13.8 Å². The van der Waals surface area contributed by atoms with Gasteiger partial charge in [0.05, 0.1) is 24.1 Å². The van der Waals surface area contributed by atoms with Crippen molar-refractivity contribution >= 4 is 5.91 Å². The smallest absolute Gasteiger partial charge is 0.226 e. The fourth-order valence-electron chi connectivity index (χ4n) is 2.36. The summed E-state index contributed by atoms with van der Waals surface area (Å²) in [5.41, 5.74) is 3.69. The maximum atomic E-state index is 11.9. The van der Waals surface area contributed by atoms with E-state index < -0.39 is 0 Å². The maximum absolute atomic E-state index is 11.9. The summed E-state index contributed by atoms with van der Waals surface area (Å²) in [5, 5.41) is 6.83. The standard InChI is InChI=1S/C19H21N5O2/c1-13-6-8-15(9-7-13)19-23-18(26-24-19)5-3-4-17(25)22-12-16-11-20-14(2)10-21-16/h6-11H,3-5,12H2,1-2H3,(H,22,25). The summed E-state index contributed by atoms with van der Waals surface area (Å²) in [6.07, 6.45) is 4.95. The lowest BCUT2D eigenvalue weighted by Gasteiger charge is -2.04. The number of amides is 1. The van der Waals surface area contributed by atoms with E-state index in [1.807, 2.05) is 38.1 Å². The number of hydrogen-bond donors (Lipinski definition) is 1. The molecule has 0 unspecified atom stereocenters. The zero-order valence-electron chi connectivity index (χ0n) is 14.9. The molecule has 1 N–H and O–H groups in total. The van der Waals surface area contributed by atoms with Crippen molar-refractivity contribution in [2.45, 2.75) is 39.7 Å². The van der Waals surface area contributed by atoms with E-state index in [0.717, 1.165) is 17.0 Å². The third-order valence-electron chi connectivity index (χ3n) is 3.87. The van der Waals surface area contributed by atoms with Crippen LogP contribution in [0.25, 0.3) is 11.4 Å². The van der Waals surface area contributed by atoms with Crippen LogP contribution < -0.4 is 5.32 Å². The Morgan fingerprint density at radius 2 is 1.92 bits per heavy atom. The Morgan fingerprint density at radius 3 is 2.65 bits per heavy atom. The molecule has 134 valence electrons. The van der Waals surface area contributed by atoms with Gasteiger partial charge in [-0.25, -0.2) is 0 Å². The van der Waals surface area contributed by atoms with E-state index in [1.54, 1.807) is 12.4 Å². The molecule has 2 aromatic heterocycles. The van der Waals surface area contributed by atoms with E-state index >= 15 is 0 Å². The van der Waals surface area contributed by atoms with E-state index in [4.69, 9.17) is 4.52 Å². The van der Waals surface area contributed by atoms with Crippen LogP contribution in [0.2, 0.25) is 0 Å². The Kier molecular flexibility index (Phi) is 5.68. The Balaban J connectivity index is 1.42. The predicted octanol–water partition coefficient (Wildman–Crippen LogP) is 2.78. The van der Waals surface area contributed by atoms with Gasteiger partial charge in [-0.1, -0.05) is 35.0 Å². The van der Waals surface area contributed by atoms with Crippen LogP contribution >= 0.6 is 0 Å². The zero-order valence-corrected chi connectivity index (χ0v) is 14.9. The number of hydrogen-bond acceptors (Lipinski definition) is 6. The molecule has 7 heteroatoms. The normalized spacial score (nSPS) is 10.7. The minimum Gasteiger partial charge on any atom is -0.350 e. The molecular formula is C19H21N5O2. The van der Waals surface area contributed by atoms with Crippen molar-refractivity contribution in [3.05, 3.63) is 59.5 Å². The molecule has 7 nitrogen and oxygen atoms in total. The first-order valence-electron chi connectivity index (χ1n) is 8.54. The monoisotopic (exact) mass is 351 g/mol. The van der Waals surface area contributed by atoms with E-state index in [2.05, 4.69) is 25.4 Å². The van der Waals surface area contributed by atoms with Crippen molar-refractivity contribution < 1.29 is 9.32 Å². The first kappa shape index (κ1) is 17.7. The molecule has 0 fully saturated rings. The van der Waals surface area contributed by atoms with Crippen molar-refractivity contribution in [2.75, 3.05) is 0 Å². The molecule has 0 aliphatic rings. The quantitative estimate of drug-likeness (QED) is 0.703. The molecule has 0 aliphatic carbocycles. The Morgan fingerprint density at radius 1 is 1.12 bits per heavy atom. The summed E-state index contributed by atoms with van der Waals surface area (Å²) < 4.78 is 5.26. The molecule has 2 heterocycles. The molecule has 0 spiro atoms. The molecule has 26 heavy (non-hydrogen) atoms. The molecular weight excluding hydrogens is 330 g/mol. The predicted molar refractivity (Wildman–Crippen MR) is 96.0 cm³/mol. The van der Waals surface area contributed by atoms with Gasteiger partial charge in [-0.2, -0.15) is 4.98 Å². The topological polar surface area (TPSA) is 93.8 Å². The summed E-state index contributed by atoms with van der Waals surface area (Å²) in [5.74, 6) is 1.07. The summed E-state index contributed by atoms with van der Waals surface area (Å²) in [6, 6.07) is 7.94. The van der Waals surface area contributed by atoms with Gasteiger partial charge in [-0.3, -0.25) is 14.8 Å². The van der Waals surface area contributed by atoms with Crippen molar-refractivity contribution in [1.82, 2.24) is 25.4 Å². The van der Waals surface area contributed by atoms with Gasteiger partial charge < -0.3 is 9.84 Å². The lowest BCUT2D eigenvalue weighted by atomic mass is 10.1. The van der Waals surface area contributed by atoms with Crippen LogP contribution in [0.15, 0.2) is 41.2 Å². The number of carbonyl (C=O) groups is 1. The Hall–Kier alpha value is -3.09. The van der Waals surface area contributed by atoms with E-state index in [9.17, 15) is 4.79 Å². The van der Waals surface area contributed by atoms with Gasteiger partial charge in [0.25, 0.3) is 0 Å². The van der Waals surface area contributed by atoms with E-state index in [0.29, 0.717) is 37.5 Å². The lowest BCUT2D eigenvalue weighted by Crippen LogP contribution is -2.23. The van der Waals surface area contributed by atoms with Crippen LogP contribution in [-0.4, -0.2) is 26.0 Å². The van der Waals surface area contributed by atoms with Gasteiger partial charge in [-0.15, -0.1) is 0 Å². The number of nitrogens with one attached hydrogen (secondary N) is 1. The van der Waals surface area contributed by atoms with Gasteiger partial charge in [0.2, 0.25) is 17.6 Å². The van der Waals surface area contributed by atoms with Crippen LogP contribution in [-0.2, 0) is 17.8 Å². The Bertz CT molecular complexity index is 856. The average molecular weight is 351 g/mol. The SMILES string of the molecule is Cc1ccc(-c2noc(CCCC(=O)NCc3cnc(C)cn3)n2)cc1. The first-order chi connectivity index (χ1) is 12.6. The number of aryl methyl sites for hydroxylation is 3. The molecule has 3 aromatic rings. The van der Waals surface area contributed by atoms with Crippen LogP contribution in [0.3, 0.4) is 0 Å². The average Bonchev–Trinajstić information content (AvgIpc) is 3.11. The molecule has 0 atom stereocenters. The van der Waals surface area contributed by atoms with E-state index in [1.165, 1.54) is 5.56 Å². The summed E-state index contributed by atoms with van der Waals surface area (Å²) in [4.78, 5) is 24.6. The highest BCUT2D eigenvalue weighted by Crippen LogP contribution is 2.17. The number of aromatic nitrogens is 4. The van der Waals surface area contributed by atoms with Gasteiger partial charge in [-0.05, 0) is 20.3 Å². The Labute approximate surface area is 151 Å². The van der Waals surface area contributed by atoms with Crippen LogP contribution in [0.4, 0.5) is 0 Å². The highest BCUT2D eigenvalue weighted by molar-refractivity contribution is 5.75. The summed E-state index contributed by atoms with van der Waals surface area (Å²) >= 11 is 0.